The lowest BCUT2D eigenvalue weighted by Gasteiger charge is -2.16. The molecule has 0 aromatic heterocycles. The molecule has 0 spiro atoms. The quantitative estimate of drug-likeness (QED) is 0.218. The van der Waals surface area contributed by atoms with Gasteiger partial charge in [0.05, 0.1) is 12.0 Å². The zero-order chi connectivity index (χ0) is 16.3. The van der Waals surface area contributed by atoms with Crippen molar-refractivity contribution in [3.63, 3.8) is 0 Å². The third kappa shape index (κ3) is 3.37. The molecule has 0 saturated carbocycles. The third-order valence-corrected chi connectivity index (χ3v) is 4.10. The van der Waals surface area contributed by atoms with Crippen LogP contribution in [0.1, 0.15) is 11.1 Å². The Morgan fingerprint density at radius 1 is 1.36 bits per heavy atom. The number of ketones is 1. The molecule has 0 atom stereocenters. The minimum Gasteiger partial charge on any atom is -0.361 e. The molecule has 0 fully saturated rings. The predicted octanol–water partition coefficient (Wildman–Crippen LogP) is -0.232. The second-order valence-electron chi connectivity index (χ2n) is 3.97. The smallest absolute Gasteiger partial charge is 0.298 e. The molecule has 116 valence electrons. The lowest BCUT2D eigenvalue weighted by Crippen LogP contribution is -2.28. The summed E-state index contributed by atoms with van der Waals surface area (Å²) in [5, 5.41) is 17.8. The first-order valence-electron chi connectivity index (χ1n) is 5.66. The molecule has 1 aromatic carbocycles. The fourth-order valence-electron chi connectivity index (χ4n) is 1.84. The molecule has 2 rings (SSSR count). The highest BCUT2D eigenvalue weighted by molar-refractivity contribution is 7.94. The first kappa shape index (κ1) is 16.7. The Hall–Kier alpha value is -1.70. The molecule has 9 nitrogen and oxygen atoms in total. The van der Waals surface area contributed by atoms with Crippen LogP contribution in [-0.2, 0) is 24.3 Å². The molecule has 0 amide bonds. The molecular formula is C10H9BN2O7S2. The molecule has 0 heterocycles. The lowest BCUT2D eigenvalue weighted by atomic mass is 9.94. The minimum absolute atomic E-state index is 0.150. The van der Waals surface area contributed by atoms with Crippen molar-refractivity contribution in [1.82, 2.24) is 5.34 Å². The van der Waals surface area contributed by atoms with Crippen LogP contribution >= 0.6 is 12.0 Å². The Labute approximate surface area is 130 Å². The highest BCUT2D eigenvalue weighted by Crippen LogP contribution is 2.29. The number of carbonyl (C=O) groups is 1. The van der Waals surface area contributed by atoms with Crippen molar-refractivity contribution in [2.24, 2.45) is 5.10 Å². The van der Waals surface area contributed by atoms with Gasteiger partial charge in [0.15, 0.2) is 0 Å². The maximum Gasteiger partial charge on any atom is 0.298 e. The standard InChI is InChI=1S/C10H9BN2O7S2/c11-13-12-9-7-2-1-6(21-20-19-15)3-5(7)4-8(10(9)14)22(16,17)18/h1-4,13,15H,11H2,(H,16,17,18)/b12-9-. The number of allylic oxidation sites excluding steroid dienone is 1. The fraction of sp³-hybridized carbons (Fsp3) is 0. The van der Waals surface area contributed by atoms with E-state index in [2.05, 4.69) is 19.8 Å². The summed E-state index contributed by atoms with van der Waals surface area (Å²) in [5.41, 5.74) is 0.553. The van der Waals surface area contributed by atoms with Gasteiger partial charge >= 0.3 is 0 Å². The molecule has 0 bridgehead atoms. The van der Waals surface area contributed by atoms with Crippen molar-refractivity contribution < 1.29 is 32.4 Å². The van der Waals surface area contributed by atoms with Crippen molar-refractivity contribution >= 4 is 47.7 Å². The summed E-state index contributed by atoms with van der Waals surface area (Å²) >= 11 is 0.663. The maximum absolute atomic E-state index is 12.1. The van der Waals surface area contributed by atoms with Crippen LogP contribution in [0.25, 0.3) is 6.08 Å². The zero-order valence-corrected chi connectivity index (χ0v) is 12.6. The Morgan fingerprint density at radius 3 is 2.68 bits per heavy atom. The first-order valence-corrected chi connectivity index (χ1v) is 7.84. The number of Topliss-reactive ketones (excluding diaryl/α,β-unsaturated/α-hetero) is 1. The molecule has 22 heavy (non-hydrogen) atoms. The molecular weight excluding hydrogens is 335 g/mol. The van der Waals surface area contributed by atoms with E-state index in [-0.39, 0.29) is 5.71 Å². The number of hydrazone groups is 1. The highest BCUT2D eigenvalue weighted by Gasteiger charge is 2.33. The summed E-state index contributed by atoms with van der Waals surface area (Å²) in [6, 6.07) is 4.54. The molecule has 0 aliphatic heterocycles. The number of nitrogens with zero attached hydrogens (tertiary/aromatic N) is 1. The van der Waals surface area contributed by atoms with Crippen LogP contribution < -0.4 is 5.34 Å². The monoisotopic (exact) mass is 344 g/mol. The Bertz CT molecular complexity index is 775. The number of nitrogens with one attached hydrogen (secondary N) is 1. The number of rotatable bonds is 5. The number of hydrogen-bond acceptors (Lipinski definition) is 9. The van der Waals surface area contributed by atoms with E-state index < -0.39 is 20.8 Å². The normalized spacial score (nSPS) is 16.4. The van der Waals surface area contributed by atoms with Gasteiger partial charge in [0, 0.05) is 10.5 Å². The van der Waals surface area contributed by atoms with Gasteiger partial charge in [-0.3, -0.25) is 9.35 Å². The first-order chi connectivity index (χ1) is 10.4. The summed E-state index contributed by atoms with van der Waals surface area (Å²) in [5.74, 6) is -0.917. The zero-order valence-electron chi connectivity index (χ0n) is 11.0. The van der Waals surface area contributed by atoms with E-state index in [0.717, 1.165) is 6.08 Å². The maximum atomic E-state index is 12.1. The van der Waals surface area contributed by atoms with Crippen molar-refractivity contribution in [2.75, 3.05) is 0 Å². The average Bonchev–Trinajstić information content (AvgIpc) is 2.46. The van der Waals surface area contributed by atoms with E-state index in [0.29, 0.717) is 28.1 Å². The van der Waals surface area contributed by atoms with Gasteiger partial charge in [-0.15, -0.1) is 4.33 Å². The van der Waals surface area contributed by atoms with Gasteiger partial charge in [-0.1, -0.05) is 11.1 Å². The van der Waals surface area contributed by atoms with Crippen LogP contribution in [0, 0.1) is 0 Å². The summed E-state index contributed by atoms with van der Waals surface area (Å²) in [7, 11) is -3.25. The molecule has 0 radical (unpaired) electrons. The average molecular weight is 344 g/mol. The molecule has 1 aliphatic rings. The van der Waals surface area contributed by atoms with Crippen LogP contribution in [0.4, 0.5) is 0 Å². The number of hydrogen-bond donors (Lipinski definition) is 3. The number of carbonyl (C=O) groups excluding carboxylic acids is 1. The van der Waals surface area contributed by atoms with E-state index in [1.807, 2.05) is 0 Å². The van der Waals surface area contributed by atoms with E-state index in [4.69, 9.17) is 9.81 Å². The highest BCUT2D eigenvalue weighted by atomic mass is 32.2. The predicted molar refractivity (Wildman–Crippen MR) is 79.8 cm³/mol. The fourth-order valence-corrected chi connectivity index (χ4v) is 2.86. The molecule has 1 aliphatic carbocycles. The SMILES string of the molecule is BN/N=C1\C(=O)C(S(=O)(=O)O)=Cc2cc(SOOO)ccc21. The third-order valence-electron chi connectivity index (χ3n) is 2.67. The largest absolute Gasteiger partial charge is 0.361 e. The van der Waals surface area contributed by atoms with Crippen molar-refractivity contribution in [2.45, 2.75) is 4.90 Å². The van der Waals surface area contributed by atoms with Gasteiger partial charge in [0.2, 0.25) is 13.8 Å². The number of fused-ring (bicyclic) bond motifs is 1. The molecule has 0 unspecified atom stereocenters. The van der Waals surface area contributed by atoms with Crippen molar-refractivity contribution in [1.29, 1.82) is 0 Å². The van der Waals surface area contributed by atoms with Crippen LogP contribution in [-0.4, -0.2) is 37.7 Å². The van der Waals surface area contributed by atoms with E-state index in [1.165, 1.54) is 20.1 Å². The van der Waals surface area contributed by atoms with Crippen molar-refractivity contribution in [3.05, 3.63) is 34.2 Å². The van der Waals surface area contributed by atoms with Crippen LogP contribution in [0.15, 0.2) is 33.1 Å². The van der Waals surface area contributed by atoms with Gasteiger partial charge < -0.3 is 5.34 Å². The molecule has 0 saturated heterocycles. The van der Waals surface area contributed by atoms with Gasteiger partial charge in [-0.25, -0.2) is 5.26 Å². The second-order valence-corrected chi connectivity index (χ2v) is 6.14. The molecule has 1 aromatic rings. The topological polar surface area (TPSA) is 135 Å². The lowest BCUT2D eigenvalue weighted by molar-refractivity contribution is -0.432. The van der Waals surface area contributed by atoms with Crippen molar-refractivity contribution in [3.8, 4) is 0 Å². The van der Waals surface area contributed by atoms with Gasteiger partial charge in [-0.2, -0.15) is 13.5 Å². The Morgan fingerprint density at radius 2 is 2.09 bits per heavy atom. The molecule has 3 N–H and O–H groups in total. The summed E-state index contributed by atoms with van der Waals surface area (Å²) in [6.07, 6.45) is 1.03. The van der Waals surface area contributed by atoms with Crippen LogP contribution in [0.3, 0.4) is 0 Å². The van der Waals surface area contributed by atoms with E-state index in [1.54, 1.807) is 6.07 Å². The summed E-state index contributed by atoms with van der Waals surface area (Å²) < 4.78 is 36.1. The van der Waals surface area contributed by atoms with E-state index in [9.17, 15) is 13.2 Å². The van der Waals surface area contributed by atoms with Gasteiger partial charge in [0.1, 0.15) is 10.6 Å². The Kier molecular flexibility index (Phi) is 5.00. The summed E-state index contributed by atoms with van der Waals surface area (Å²) in [6.45, 7) is 0. The minimum atomic E-state index is -4.70. The number of benzene rings is 1. The summed E-state index contributed by atoms with van der Waals surface area (Å²) in [4.78, 5) is 11.8. The van der Waals surface area contributed by atoms with Crippen LogP contribution in [0.2, 0.25) is 0 Å². The van der Waals surface area contributed by atoms with E-state index >= 15 is 0 Å². The Balaban J connectivity index is 2.60. The molecule has 12 heteroatoms. The van der Waals surface area contributed by atoms with Gasteiger partial charge in [-0.05, 0) is 23.8 Å². The van der Waals surface area contributed by atoms with Gasteiger partial charge in [0.25, 0.3) is 10.1 Å². The second kappa shape index (κ2) is 6.60. The van der Waals surface area contributed by atoms with Crippen LogP contribution in [0.5, 0.6) is 0 Å².